The van der Waals surface area contributed by atoms with Crippen molar-refractivity contribution in [2.75, 3.05) is 64.8 Å². The Morgan fingerprint density at radius 1 is 0.416 bits per heavy atom. The van der Waals surface area contributed by atoms with Crippen molar-refractivity contribution in [3.8, 4) is 40.2 Å². The van der Waals surface area contributed by atoms with Gasteiger partial charge in [-0.1, -0.05) is 103 Å². The van der Waals surface area contributed by atoms with E-state index in [4.69, 9.17) is 53.8 Å². The van der Waals surface area contributed by atoms with Crippen LogP contribution in [0.2, 0.25) is 0 Å². The standard InChI is InChI=1S/C25H38F2O2.C16H29Br.C9H10BF2O3.C9H10F2O2.C9H10F2O.2C4H8O.3CH4.H2O2/c1-4-6-18-7-11-20(12-8-18)21-13-9-19(10-14-21)16-29-25-17(3)15-22(28-5-2)23(26)24(25)27;1-2-3-13-4-8-15(9-5-13)16-10-6-14(12-17)7-11-16;1-3-14-6-4-5(2)9(15-10-13)8(12)7(6)11;1-3-13-6-4-5(2)9(12)8(11)7(6)10;1-3-12-8-5-6(2)4-7(10)9(8)11;2*1-2-4-5-3-1;;;;1-2/h15,18-21H,4-14,16H2,1-3H3;13-16H,2-12H2,1H3;4,13H,3H2,1-2H3;4,12H,3H2,1-2H3;4-5H,3H2,1-2H3;2*1-4H2;3*1H4;1-2H. The Bertz CT molecular complexity index is 2780. The molecule has 1 radical (unpaired) electrons. The lowest BCUT2D eigenvalue weighted by Crippen LogP contribution is -2.27. The summed E-state index contributed by atoms with van der Waals surface area (Å²) in [6.45, 7) is 23.5. The molecule has 0 atom stereocenters. The molecule has 12 nitrogen and oxygen atoms in total. The highest BCUT2D eigenvalue weighted by Crippen LogP contribution is 2.45. The van der Waals surface area contributed by atoms with Crippen molar-refractivity contribution < 1.29 is 93.6 Å². The minimum Gasteiger partial charge on any atom is -0.535 e. The smallest absolute Gasteiger partial charge is 0.535 e. The van der Waals surface area contributed by atoms with E-state index in [0.29, 0.717) is 50.1 Å². The Kier molecular flexibility index (Phi) is 52.2. The van der Waals surface area contributed by atoms with Crippen LogP contribution in [0.1, 0.15) is 240 Å². The summed E-state index contributed by atoms with van der Waals surface area (Å²) in [5.74, 6) is -2.30. The highest BCUT2D eigenvalue weighted by molar-refractivity contribution is 9.09. The molecule has 0 spiro atoms. The average molecular weight is 1510 g/mol. The predicted octanol–water partition coefficient (Wildman–Crippen LogP) is 23.4. The number of rotatable bonds is 20. The van der Waals surface area contributed by atoms with Gasteiger partial charge < -0.3 is 47.9 Å². The molecular weight excluding hydrogens is 1380 g/mol. The fraction of sp³-hybridized carbons (Fsp3) is 0.696. The predicted molar refractivity (Wildman–Crippen MR) is 396 cm³/mol. The lowest BCUT2D eigenvalue weighted by molar-refractivity contribution is -0.176. The van der Waals surface area contributed by atoms with Gasteiger partial charge >= 0.3 is 7.69 Å². The van der Waals surface area contributed by atoms with Gasteiger partial charge in [-0.3, -0.25) is 10.5 Å². The van der Waals surface area contributed by atoms with Crippen LogP contribution in [0.25, 0.3) is 0 Å². The second-order valence-electron chi connectivity index (χ2n) is 26.3. The Hall–Kier alpha value is -4.74. The summed E-state index contributed by atoms with van der Waals surface area (Å²) in [4.78, 5) is 0. The minimum atomic E-state index is -1.26. The minimum absolute atomic E-state index is 0. The van der Waals surface area contributed by atoms with E-state index >= 15 is 0 Å². The zero-order chi connectivity index (χ0) is 72.5. The molecule has 4 aromatic carbocycles. The summed E-state index contributed by atoms with van der Waals surface area (Å²) in [6.07, 6.45) is 33.4. The molecule has 4 N–H and O–H groups in total. The fourth-order valence-corrected chi connectivity index (χ4v) is 14.5. The zero-order valence-corrected chi connectivity index (χ0v) is 61.7. The maximum atomic E-state index is 14.4. The Morgan fingerprint density at radius 2 is 0.743 bits per heavy atom. The normalized spacial score (nSPS) is 20.9. The molecule has 101 heavy (non-hydrogen) atoms. The molecule has 0 amide bonds. The molecular formula is C79H127BBrF8O12. The Morgan fingerprint density at radius 3 is 1.08 bits per heavy atom. The highest BCUT2D eigenvalue weighted by Gasteiger charge is 2.33. The van der Waals surface area contributed by atoms with Crippen LogP contribution in [0, 0.1) is 122 Å². The molecule has 2 aliphatic heterocycles. The van der Waals surface area contributed by atoms with Gasteiger partial charge in [0.15, 0.2) is 40.3 Å². The zero-order valence-electron chi connectivity index (χ0n) is 60.1. The second-order valence-corrected chi connectivity index (χ2v) is 26.9. The van der Waals surface area contributed by atoms with E-state index in [1.165, 1.54) is 172 Å². The van der Waals surface area contributed by atoms with Crippen molar-refractivity contribution in [3.05, 3.63) is 99.1 Å². The van der Waals surface area contributed by atoms with Crippen molar-refractivity contribution in [1.29, 1.82) is 0 Å². The summed E-state index contributed by atoms with van der Waals surface area (Å²) in [5.41, 5.74) is 1.83. The van der Waals surface area contributed by atoms with Crippen LogP contribution in [0.5, 0.6) is 40.2 Å². The molecule has 4 saturated carbocycles. The van der Waals surface area contributed by atoms with Gasteiger partial charge in [0.05, 0.1) is 33.0 Å². The van der Waals surface area contributed by atoms with E-state index in [-0.39, 0.29) is 75.6 Å². The molecule has 2 saturated heterocycles. The first-order chi connectivity index (χ1) is 47.2. The first kappa shape index (κ1) is 96.3. The molecule has 0 unspecified atom stereocenters. The van der Waals surface area contributed by atoms with Gasteiger partial charge in [-0.05, 0) is 258 Å². The molecule has 4 aliphatic carbocycles. The number of ether oxygens (including phenoxy) is 7. The third-order valence-electron chi connectivity index (χ3n) is 19.1. The van der Waals surface area contributed by atoms with Gasteiger partial charge in [-0.2, -0.15) is 30.7 Å². The van der Waals surface area contributed by atoms with Crippen LogP contribution >= 0.6 is 15.9 Å². The number of aromatic hydroxyl groups is 1. The van der Waals surface area contributed by atoms with E-state index in [1.807, 2.05) is 0 Å². The molecule has 10 rings (SSSR count). The number of phenolic OH excluding ortho intramolecular Hbond substituents is 1. The summed E-state index contributed by atoms with van der Waals surface area (Å²) in [5, 5.41) is 30.6. The number of aryl methyl sites for hydroxylation is 4. The first-order valence-electron chi connectivity index (χ1n) is 36.0. The molecule has 581 valence electrons. The fourth-order valence-electron chi connectivity index (χ4n) is 13.8. The third-order valence-corrected chi connectivity index (χ3v) is 20.0. The van der Waals surface area contributed by atoms with E-state index in [1.54, 1.807) is 54.4 Å². The summed E-state index contributed by atoms with van der Waals surface area (Å²) in [7, 11) is 0.297. The quantitative estimate of drug-likeness (QED) is 0.0219. The lowest BCUT2D eigenvalue weighted by Gasteiger charge is -2.37. The van der Waals surface area contributed by atoms with E-state index < -0.39 is 52.3 Å². The molecule has 4 aromatic rings. The van der Waals surface area contributed by atoms with Crippen molar-refractivity contribution >= 4 is 23.6 Å². The van der Waals surface area contributed by atoms with Crippen LogP contribution in [0.15, 0.2) is 30.3 Å². The molecule has 2 heterocycles. The average Bonchev–Trinajstić information content (AvgIpc) is 1.33. The second kappa shape index (κ2) is 54.8. The largest absolute Gasteiger partial charge is 0.569 e. The molecule has 0 bridgehead atoms. The first-order valence-corrected chi connectivity index (χ1v) is 37.1. The van der Waals surface area contributed by atoms with E-state index in [2.05, 4.69) is 34.4 Å². The number of phenols is 1. The van der Waals surface area contributed by atoms with Crippen LogP contribution < -0.4 is 28.3 Å². The maximum absolute atomic E-state index is 14.4. The number of benzene rings is 4. The lowest BCUT2D eigenvalue weighted by atomic mass is 9.69. The molecule has 0 aromatic heterocycles. The Labute approximate surface area is 611 Å². The maximum Gasteiger partial charge on any atom is 0.569 e. The summed E-state index contributed by atoms with van der Waals surface area (Å²) < 4.78 is 146. The van der Waals surface area contributed by atoms with Crippen LogP contribution in [0.3, 0.4) is 0 Å². The summed E-state index contributed by atoms with van der Waals surface area (Å²) in [6, 6.07) is 6.71. The van der Waals surface area contributed by atoms with Crippen molar-refractivity contribution in [3.63, 3.8) is 0 Å². The number of halogens is 9. The van der Waals surface area contributed by atoms with Gasteiger partial charge in [-0.15, -0.1) is 0 Å². The van der Waals surface area contributed by atoms with Gasteiger partial charge in [0, 0.05) is 31.8 Å². The number of hydrogen-bond acceptors (Lipinski definition) is 12. The molecule has 22 heteroatoms. The van der Waals surface area contributed by atoms with E-state index in [9.17, 15) is 35.1 Å². The van der Waals surface area contributed by atoms with Crippen molar-refractivity contribution in [2.24, 2.45) is 47.3 Å². The van der Waals surface area contributed by atoms with Gasteiger partial charge in [0.1, 0.15) is 5.75 Å². The number of hydrogen-bond donors (Lipinski definition) is 4. The topological polar surface area (TPSA) is 155 Å². The molecule has 6 fully saturated rings. The third kappa shape index (κ3) is 33.5. The van der Waals surface area contributed by atoms with E-state index in [0.717, 1.165) is 86.8 Å². The van der Waals surface area contributed by atoms with Crippen molar-refractivity contribution in [2.45, 2.75) is 246 Å². The van der Waals surface area contributed by atoms with Crippen molar-refractivity contribution in [1.82, 2.24) is 0 Å². The monoisotopic (exact) mass is 1510 g/mol. The van der Waals surface area contributed by atoms with Crippen LogP contribution in [-0.4, -0.2) is 93.1 Å². The van der Waals surface area contributed by atoms with Gasteiger partial charge in [0.2, 0.25) is 40.7 Å². The SMILES string of the molecule is C.C.C.C1CCOC1.C1CCOC1.CCCC1CCC(C2CCC(CBr)CC2)CC1.CCCC1CCC(C2CCC(COc3c(C)cc(OCC)c(F)c3F)CC2)CC1.CCOc1cc(C)c(O)c(F)c1F.CCOc1cc(C)c(O[B]O)c(F)c1F.CCOc1cc(C)cc(F)c1F.OO. The molecule has 6 aliphatic rings. The van der Waals surface area contributed by atoms with Crippen LogP contribution in [-0.2, 0) is 9.47 Å². The van der Waals surface area contributed by atoms with Gasteiger partial charge in [-0.25, -0.2) is 4.39 Å². The number of alkyl halides is 1. The van der Waals surface area contributed by atoms with Crippen LogP contribution in [0.4, 0.5) is 35.1 Å². The highest BCUT2D eigenvalue weighted by atomic mass is 79.9. The van der Waals surface area contributed by atoms with Gasteiger partial charge in [0.25, 0.3) is 0 Å². The Balaban J connectivity index is 0.00000122. The summed E-state index contributed by atoms with van der Waals surface area (Å²) >= 11 is 3.65.